The summed E-state index contributed by atoms with van der Waals surface area (Å²) in [6, 6.07) is 6.25. The lowest BCUT2D eigenvalue weighted by Crippen LogP contribution is -2.47. The molecule has 0 amide bonds. The van der Waals surface area contributed by atoms with Gasteiger partial charge in [0, 0.05) is 42.9 Å². The number of alkyl halides is 3. The minimum atomic E-state index is -4.51. The second kappa shape index (κ2) is 8.01. The first-order valence-corrected chi connectivity index (χ1v) is 9.82. The normalized spacial score (nSPS) is 14.9. The van der Waals surface area contributed by atoms with E-state index >= 15 is 0 Å². The highest BCUT2D eigenvalue weighted by atomic mass is 32.1. The van der Waals surface area contributed by atoms with Crippen LogP contribution in [0.2, 0.25) is 0 Å². The Balaban J connectivity index is 1.40. The lowest BCUT2D eigenvalue weighted by Gasteiger charge is -2.36. The van der Waals surface area contributed by atoms with E-state index in [0.717, 1.165) is 16.5 Å². The van der Waals surface area contributed by atoms with Crippen molar-refractivity contribution in [1.29, 1.82) is 0 Å². The summed E-state index contributed by atoms with van der Waals surface area (Å²) in [4.78, 5) is 28.1. The van der Waals surface area contributed by atoms with E-state index in [-0.39, 0.29) is 23.2 Å². The monoisotopic (exact) mass is 440 g/mol. The zero-order chi connectivity index (χ0) is 21.3. The van der Waals surface area contributed by atoms with Crippen molar-refractivity contribution in [2.45, 2.75) is 12.7 Å². The number of rotatable bonds is 4. The van der Waals surface area contributed by atoms with Crippen molar-refractivity contribution in [2.75, 3.05) is 36.0 Å². The third-order valence-corrected chi connectivity index (χ3v) is 5.66. The van der Waals surface area contributed by atoms with Crippen LogP contribution in [0.4, 0.5) is 29.2 Å². The highest BCUT2D eigenvalue weighted by Crippen LogP contribution is 2.32. The van der Waals surface area contributed by atoms with Crippen molar-refractivity contribution < 1.29 is 17.6 Å². The van der Waals surface area contributed by atoms with Gasteiger partial charge in [-0.2, -0.15) is 18.2 Å². The molecule has 0 atom stereocenters. The summed E-state index contributed by atoms with van der Waals surface area (Å²) in [5.41, 5.74) is 0.318. The molecule has 1 aliphatic rings. The molecule has 0 N–H and O–H groups in total. The first-order valence-electron chi connectivity index (χ1n) is 9.00. The smallest absolute Gasteiger partial charge is 0.368 e. The van der Waals surface area contributed by atoms with E-state index < -0.39 is 16.9 Å². The number of anilines is 2. The fourth-order valence-corrected chi connectivity index (χ4v) is 3.88. The molecule has 0 bridgehead atoms. The van der Waals surface area contributed by atoms with Crippen LogP contribution in [0.5, 0.6) is 0 Å². The maximum absolute atomic E-state index is 13.1. The van der Waals surface area contributed by atoms with E-state index in [1.165, 1.54) is 18.5 Å². The number of halogens is 4. The van der Waals surface area contributed by atoms with Gasteiger partial charge in [-0.3, -0.25) is 4.57 Å². The molecular weight excluding hydrogens is 424 g/mol. The Labute approximate surface area is 172 Å². The van der Waals surface area contributed by atoms with Crippen molar-refractivity contribution in [3.63, 3.8) is 0 Å². The summed E-state index contributed by atoms with van der Waals surface area (Å²) in [5, 5.41) is -0.956. The van der Waals surface area contributed by atoms with E-state index in [4.69, 9.17) is 0 Å². The molecule has 3 heterocycles. The van der Waals surface area contributed by atoms with Crippen LogP contribution >= 0.6 is 11.3 Å². The summed E-state index contributed by atoms with van der Waals surface area (Å²) < 4.78 is 52.2. The average molecular weight is 440 g/mol. The molecule has 0 radical (unpaired) electrons. The summed E-state index contributed by atoms with van der Waals surface area (Å²) >= 11 is 0.484. The van der Waals surface area contributed by atoms with Gasteiger partial charge in [-0.05, 0) is 24.3 Å². The molecule has 158 valence electrons. The quantitative estimate of drug-likeness (QED) is 0.581. The third kappa shape index (κ3) is 4.42. The van der Waals surface area contributed by atoms with Gasteiger partial charge in [-0.15, -0.1) is 11.3 Å². The molecule has 1 aromatic carbocycles. The molecule has 1 aliphatic heterocycles. The van der Waals surface area contributed by atoms with Crippen LogP contribution in [-0.2, 0) is 12.7 Å². The van der Waals surface area contributed by atoms with Crippen molar-refractivity contribution in [3.8, 4) is 0 Å². The fourth-order valence-electron chi connectivity index (χ4n) is 3.11. The number of benzene rings is 1. The molecule has 4 rings (SSSR count). The van der Waals surface area contributed by atoms with Crippen molar-refractivity contribution in [2.24, 2.45) is 0 Å². The topological polar surface area (TPSA) is 67.2 Å². The Kier molecular flexibility index (Phi) is 5.41. The van der Waals surface area contributed by atoms with E-state index in [2.05, 4.69) is 19.9 Å². The molecule has 12 heteroatoms. The maximum Gasteiger partial charge on any atom is 0.443 e. The Bertz CT molecular complexity index is 1070. The number of hydrogen-bond acceptors (Lipinski definition) is 7. The Morgan fingerprint density at radius 1 is 1.00 bits per heavy atom. The second-order valence-electron chi connectivity index (χ2n) is 6.65. The van der Waals surface area contributed by atoms with Gasteiger partial charge in [0.2, 0.25) is 5.95 Å². The first-order chi connectivity index (χ1) is 14.3. The standard InChI is InChI=1S/C18H16F4N6OS/c19-12-1-3-13(4-2-12)26-5-7-27(8-6-26)16-24-11-28(17(29)25-16)10-14-9-23-15(30-14)18(20,21)22/h1-4,9,11H,5-8,10H2. The zero-order valence-corrected chi connectivity index (χ0v) is 16.3. The van der Waals surface area contributed by atoms with Crippen LogP contribution in [-0.4, -0.2) is 45.7 Å². The Morgan fingerprint density at radius 3 is 2.27 bits per heavy atom. The van der Waals surface area contributed by atoms with Gasteiger partial charge in [0.05, 0.1) is 6.54 Å². The number of nitrogens with zero attached hydrogens (tertiary/aromatic N) is 6. The summed E-state index contributed by atoms with van der Waals surface area (Å²) in [5.74, 6) is -0.0189. The first kappa shape index (κ1) is 20.3. The van der Waals surface area contributed by atoms with E-state index in [1.807, 2.05) is 4.90 Å². The second-order valence-corrected chi connectivity index (χ2v) is 7.76. The van der Waals surface area contributed by atoms with Crippen LogP contribution in [0, 0.1) is 5.82 Å². The molecule has 0 aliphatic carbocycles. The molecule has 0 unspecified atom stereocenters. The molecular formula is C18H16F4N6OS. The molecule has 1 saturated heterocycles. The minimum absolute atomic E-state index is 0.0782. The van der Waals surface area contributed by atoms with Gasteiger partial charge in [0.1, 0.15) is 12.1 Å². The van der Waals surface area contributed by atoms with E-state index in [1.54, 1.807) is 12.1 Å². The van der Waals surface area contributed by atoms with Gasteiger partial charge < -0.3 is 9.80 Å². The van der Waals surface area contributed by atoms with Gasteiger partial charge >= 0.3 is 11.9 Å². The van der Waals surface area contributed by atoms with Crippen molar-refractivity contribution >= 4 is 23.0 Å². The number of piperazine rings is 1. The lowest BCUT2D eigenvalue weighted by molar-refractivity contribution is -0.137. The molecule has 30 heavy (non-hydrogen) atoms. The van der Waals surface area contributed by atoms with Crippen LogP contribution in [0.1, 0.15) is 9.88 Å². The third-order valence-electron chi connectivity index (χ3n) is 4.63. The minimum Gasteiger partial charge on any atom is -0.368 e. The number of hydrogen-bond donors (Lipinski definition) is 0. The molecule has 0 spiro atoms. The molecule has 1 fully saturated rings. The molecule has 0 saturated carbocycles. The highest BCUT2D eigenvalue weighted by molar-refractivity contribution is 7.11. The van der Waals surface area contributed by atoms with E-state index in [9.17, 15) is 22.4 Å². The molecule has 7 nitrogen and oxygen atoms in total. The highest BCUT2D eigenvalue weighted by Gasteiger charge is 2.34. The van der Waals surface area contributed by atoms with Crippen LogP contribution in [0.25, 0.3) is 0 Å². The Hall–Kier alpha value is -3.02. The number of thiazole rings is 1. The molecule has 3 aromatic rings. The van der Waals surface area contributed by atoms with Crippen molar-refractivity contribution in [1.82, 2.24) is 19.5 Å². The fraction of sp³-hybridized carbons (Fsp3) is 0.333. The van der Waals surface area contributed by atoms with Gasteiger partial charge in [0.25, 0.3) is 0 Å². The Morgan fingerprint density at radius 2 is 1.67 bits per heavy atom. The van der Waals surface area contributed by atoms with Crippen LogP contribution in [0.15, 0.2) is 41.6 Å². The van der Waals surface area contributed by atoms with Gasteiger partial charge in [0.15, 0.2) is 5.01 Å². The SMILES string of the molecule is O=c1nc(N2CCN(c3ccc(F)cc3)CC2)ncn1Cc1cnc(C(F)(F)F)s1. The van der Waals surface area contributed by atoms with Crippen LogP contribution < -0.4 is 15.5 Å². The molecule has 2 aromatic heterocycles. The van der Waals surface area contributed by atoms with Gasteiger partial charge in [-0.1, -0.05) is 0 Å². The maximum atomic E-state index is 13.1. The lowest BCUT2D eigenvalue weighted by atomic mass is 10.2. The summed E-state index contributed by atoms with van der Waals surface area (Å²) in [6.07, 6.45) is -2.13. The largest absolute Gasteiger partial charge is 0.443 e. The number of aromatic nitrogens is 4. The summed E-state index contributed by atoms with van der Waals surface area (Å²) in [7, 11) is 0. The van der Waals surface area contributed by atoms with Crippen molar-refractivity contribution in [3.05, 3.63) is 63.0 Å². The zero-order valence-electron chi connectivity index (χ0n) is 15.5. The van der Waals surface area contributed by atoms with E-state index in [0.29, 0.717) is 37.5 Å². The van der Waals surface area contributed by atoms with Gasteiger partial charge in [-0.25, -0.2) is 19.2 Å². The summed E-state index contributed by atoms with van der Waals surface area (Å²) in [6.45, 7) is 2.37. The predicted octanol–water partition coefficient (Wildman–Crippen LogP) is 2.63. The average Bonchev–Trinajstić information content (AvgIpc) is 3.20. The van der Waals surface area contributed by atoms with Crippen LogP contribution in [0.3, 0.4) is 0 Å². The predicted molar refractivity (Wildman–Crippen MR) is 103 cm³/mol.